The number of hydrogen-bond donors (Lipinski definition) is 1. The number of carboxylic acid groups (broad SMARTS) is 1. The van der Waals surface area contributed by atoms with Crippen LogP contribution in [0, 0.1) is 17.8 Å². The van der Waals surface area contributed by atoms with E-state index in [1.165, 1.54) is 0 Å². The second kappa shape index (κ2) is 5.09. The molecule has 1 amide bonds. The van der Waals surface area contributed by atoms with Crippen LogP contribution in [0.5, 0.6) is 0 Å². The lowest BCUT2D eigenvalue weighted by molar-refractivity contribution is -0.130. The molecule has 1 N–H and O–H groups in total. The topological polar surface area (TPSA) is 66.8 Å². The number of ether oxygens (including phenoxy) is 1. The lowest BCUT2D eigenvalue weighted by Crippen LogP contribution is -2.35. The van der Waals surface area contributed by atoms with Gasteiger partial charge < -0.3 is 14.7 Å². The van der Waals surface area contributed by atoms with Gasteiger partial charge in [-0.1, -0.05) is 5.92 Å². The second-order valence-electron chi connectivity index (χ2n) is 4.99. The summed E-state index contributed by atoms with van der Waals surface area (Å²) in [6.07, 6.45) is 0.330. The zero-order valence-corrected chi connectivity index (χ0v) is 10.3. The molecule has 1 fully saturated rings. The van der Waals surface area contributed by atoms with Crippen LogP contribution < -0.4 is 0 Å². The van der Waals surface area contributed by atoms with Crippen LogP contribution in [0.2, 0.25) is 0 Å². The van der Waals surface area contributed by atoms with E-state index in [9.17, 15) is 9.59 Å². The molecule has 0 spiro atoms. The van der Waals surface area contributed by atoms with Crippen molar-refractivity contribution in [3.63, 3.8) is 0 Å². The average molecular weight is 239 g/mol. The summed E-state index contributed by atoms with van der Waals surface area (Å²) in [5.74, 6) is 3.50. The maximum absolute atomic E-state index is 11.7. The van der Waals surface area contributed by atoms with Crippen LogP contribution in [0.25, 0.3) is 0 Å². The van der Waals surface area contributed by atoms with Gasteiger partial charge in [0.2, 0.25) is 0 Å². The molecule has 0 saturated carbocycles. The van der Waals surface area contributed by atoms with Gasteiger partial charge in [-0.3, -0.25) is 0 Å². The fourth-order valence-electron chi connectivity index (χ4n) is 1.53. The van der Waals surface area contributed by atoms with Crippen molar-refractivity contribution in [1.29, 1.82) is 0 Å². The monoisotopic (exact) mass is 239 g/mol. The van der Waals surface area contributed by atoms with Crippen molar-refractivity contribution in [2.24, 2.45) is 5.92 Å². The smallest absolute Gasteiger partial charge is 0.410 e. The summed E-state index contributed by atoms with van der Waals surface area (Å²) in [6.45, 7) is 6.43. The third kappa shape index (κ3) is 4.77. The highest BCUT2D eigenvalue weighted by Gasteiger charge is 2.28. The number of hydrogen-bond acceptors (Lipinski definition) is 3. The minimum Gasteiger partial charge on any atom is -0.472 e. The molecule has 1 heterocycles. The van der Waals surface area contributed by atoms with E-state index in [4.69, 9.17) is 9.84 Å². The second-order valence-corrected chi connectivity index (χ2v) is 4.99. The average Bonchev–Trinajstić information content (AvgIpc) is 2.60. The summed E-state index contributed by atoms with van der Waals surface area (Å²) in [5, 5.41) is 8.42. The Labute approximate surface area is 101 Å². The number of carboxylic acids is 1. The lowest BCUT2D eigenvalue weighted by Gasteiger charge is -2.24. The highest BCUT2D eigenvalue weighted by atomic mass is 16.6. The van der Waals surface area contributed by atoms with Gasteiger partial charge in [-0.05, 0) is 27.2 Å². The van der Waals surface area contributed by atoms with Gasteiger partial charge in [-0.15, -0.1) is 0 Å². The van der Waals surface area contributed by atoms with Crippen molar-refractivity contribution in [3.05, 3.63) is 0 Å². The molecule has 0 radical (unpaired) electrons. The maximum Gasteiger partial charge on any atom is 0.410 e. The quantitative estimate of drug-likeness (QED) is 0.648. The van der Waals surface area contributed by atoms with Crippen molar-refractivity contribution >= 4 is 12.1 Å². The normalized spacial score (nSPS) is 19.5. The minimum absolute atomic E-state index is 0.0707. The van der Waals surface area contributed by atoms with Crippen LogP contribution in [0.4, 0.5) is 4.79 Å². The largest absolute Gasteiger partial charge is 0.472 e. The summed E-state index contributed by atoms with van der Waals surface area (Å²) in [7, 11) is 0. The molecule has 1 saturated heterocycles. The van der Waals surface area contributed by atoms with E-state index in [2.05, 4.69) is 11.8 Å². The standard InChI is InChI=1S/C12H17NO4/c1-12(2,3)17-11(16)13-7-6-9(8-13)4-5-10(14)15/h9H,6-8H2,1-3H3,(H,14,15)/t9-/m0/s1. The van der Waals surface area contributed by atoms with E-state index in [-0.39, 0.29) is 12.0 Å². The molecule has 0 aromatic carbocycles. The van der Waals surface area contributed by atoms with E-state index in [0.29, 0.717) is 19.5 Å². The third-order valence-electron chi connectivity index (χ3n) is 2.22. The Kier molecular flexibility index (Phi) is 4.00. The number of rotatable bonds is 0. The summed E-state index contributed by atoms with van der Waals surface area (Å²) >= 11 is 0. The number of carbonyl (C=O) groups excluding carboxylic acids is 1. The summed E-state index contributed by atoms with van der Waals surface area (Å²) < 4.78 is 5.22. The van der Waals surface area contributed by atoms with E-state index in [1.54, 1.807) is 4.90 Å². The maximum atomic E-state index is 11.7. The van der Waals surface area contributed by atoms with E-state index >= 15 is 0 Å². The zero-order valence-electron chi connectivity index (χ0n) is 10.3. The number of aliphatic carboxylic acids is 1. The van der Waals surface area contributed by atoms with Gasteiger partial charge in [0, 0.05) is 24.9 Å². The van der Waals surface area contributed by atoms with Crippen molar-refractivity contribution in [3.8, 4) is 11.8 Å². The molecule has 94 valence electrons. The molecular weight excluding hydrogens is 222 g/mol. The minimum atomic E-state index is -1.14. The predicted octanol–water partition coefficient (Wildman–Crippen LogP) is 1.33. The molecule has 1 aliphatic heterocycles. The first-order valence-corrected chi connectivity index (χ1v) is 5.50. The number of likely N-dealkylation sites (tertiary alicyclic amines) is 1. The molecule has 17 heavy (non-hydrogen) atoms. The first kappa shape index (κ1) is 13.4. The molecule has 5 heteroatoms. The van der Waals surface area contributed by atoms with Crippen LogP contribution in [-0.4, -0.2) is 40.8 Å². The molecular formula is C12H17NO4. The molecule has 5 nitrogen and oxygen atoms in total. The lowest BCUT2D eigenvalue weighted by atomic mass is 10.1. The van der Waals surface area contributed by atoms with Crippen LogP contribution in [-0.2, 0) is 9.53 Å². The van der Waals surface area contributed by atoms with Crippen molar-refractivity contribution < 1.29 is 19.4 Å². The van der Waals surface area contributed by atoms with Gasteiger partial charge in [0.15, 0.2) is 0 Å². The van der Waals surface area contributed by atoms with Crippen molar-refractivity contribution in [2.75, 3.05) is 13.1 Å². The summed E-state index contributed by atoms with van der Waals surface area (Å²) in [4.78, 5) is 23.5. The first-order chi connectivity index (χ1) is 7.78. The molecule has 1 atom stereocenters. The fraction of sp³-hybridized carbons (Fsp3) is 0.667. The van der Waals surface area contributed by atoms with E-state index in [0.717, 1.165) is 0 Å². The number of carbonyl (C=O) groups is 2. The van der Waals surface area contributed by atoms with E-state index < -0.39 is 11.6 Å². The Morgan fingerprint density at radius 2 is 2.06 bits per heavy atom. The summed E-state index contributed by atoms with van der Waals surface area (Å²) in [5.41, 5.74) is -0.512. The molecule has 0 bridgehead atoms. The van der Waals surface area contributed by atoms with Crippen LogP contribution in [0.3, 0.4) is 0 Å². The van der Waals surface area contributed by atoms with Gasteiger partial charge in [0.1, 0.15) is 5.60 Å². The molecule has 0 aromatic rings. The van der Waals surface area contributed by atoms with Crippen LogP contribution >= 0.6 is 0 Å². The third-order valence-corrected chi connectivity index (χ3v) is 2.22. The number of amides is 1. The van der Waals surface area contributed by atoms with Gasteiger partial charge in [0.05, 0.1) is 0 Å². The molecule has 1 aliphatic rings. The van der Waals surface area contributed by atoms with Gasteiger partial charge >= 0.3 is 12.1 Å². The SMILES string of the molecule is CC(C)(C)OC(=O)N1CC[C@H](C#CC(=O)O)C1. The Morgan fingerprint density at radius 1 is 1.41 bits per heavy atom. The molecule has 0 unspecified atom stereocenters. The Bertz CT molecular complexity index is 372. The fourth-order valence-corrected chi connectivity index (χ4v) is 1.53. The van der Waals surface area contributed by atoms with Gasteiger partial charge in [-0.2, -0.15) is 0 Å². The predicted molar refractivity (Wildman–Crippen MR) is 61.3 cm³/mol. The molecule has 1 rings (SSSR count). The van der Waals surface area contributed by atoms with Gasteiger partial charge in [0.25, 0.3) is 0 Å². The number of nitrogens with zero attached hydrogens (tertiary/aromatic N) is 1. The first-order valence-electron chi connectivity index (χ1n) is 5.50. The van der Waals surface area contributed by atoms with Crippen molar-refractivity contribution in [1.82, 2.24) is 4.90 Å². The zero-order chi connectivity index (χ0) is 13.1. The van der Waals surface area contributed by atoms with Crippen LogP contribution in [0.1, 0.15) is 27.2 Å². The van der Waals surface area contributed by atoms with Gasteiger partial charge in [-0.25, -0.2) is 9.59 Å². The highest BCUT2D eigenvalue weighted by molar-refractivity contribution is 5.86. The highest BCUT2D eigenvalue weighted by Crippen LogP contribution is 2.18. The molecule has 0 aromatic heterocycles. The Balaban J connectivity index is 2.49. The Morgan fingerprint density at radius 3 is 2.59 bits per heavy atom. The van der Waals surface area contributed by atoms with Crippen molar-refractivity contribution in [2.45, 2.75) is 32.8 Å². The Hall–Kier alpha value is -1.70. The molecule has 0 aliphatic carbocycles. The van der Waals surface area contributed by atoms with Crippen LogP contribution in [0.15, 0.2) is 0 Å². The van der Waals surface area contributed by atoms with E-state index in [1.807, 2.05) is 20.8 Å². The summed E-state index contributed by atoms with van der Waals surface area (Å²) in [6, 6.07) is 0.